The summed E-state index contributed by atoms with van der Waals surface area (Å²) in [6, 6.07) is 0. The summed E-state index contributed by atoms with van der Waals surface area (Å²) in [6.07, 6.45) is -9.44. The molecule has 7 unspecified atom stereocenters. The highest BCUT2D eigenvalue weighted by molar-refractivity contribution is 7.86. The number of methoxy groups -OCH3 is 1. The van der Waals surface area contributed by atoms with Crippen LogP contribution >= 0.6 is 23.1 Å². The number of phosphoric ester groups is 2. The molecular formula is C22H31BN10O17P3+. The van der Waals surface area contributed by atoms with Crippen molar-refractivity contribution in [2.24, 2.45) is 7.05 Å². The molecule has 0 aromatic carbocycles. The number of phosphoric acid groups is 2. The maximum absolute atomic E-state index is 12.7. The highest BCUT2D eigenvalue weighted by Gasteiger charge is 2.50. The number of aliphatic hydroxyl groups excluding tert-OH is 3. The van der Waals surface area contributed by atoms with E-state index in [0.717, 1.165) is 10.9 Å². The molecule has 4 aromatic rings. The fourth-order valence-electron chi connectivity index (χ4n) is 5.70. The van der Waals surface area contributed by atoms with Gasteiger partial charge < -0.3 is 50.8 Å². The number of H-pyrrole nitrogens is 2. The van der Waals surface area contributed by atoms with Crippen molar-refractivity contribution in [1.82, 2.24) is 34.1 Å². The molecule has 0 saturated carbocycles. The topological polar surface area (TPSA) is 387 Å². The number of hydrogen-bond donors (Lipinski definition) is 9. The van der Waals surface area contributed by atoms with Gasteiger partial charge in [0.1, 0.15) is 36.6 Å². The van der Waals surface area contributed by atoms with Crippen molar-refractivity contribution < 1.29 is 75.2 Å². The van der Waals surface area contributed by atoms with Gasteiger partial charge in [-0.25, -0.2) is 27.3 Å². The number of aromatic amines is 2. The van der Waals surface area contributed by atoms with Crippen molar-refractivity contribution >= 4 is 64.9 Å². The number of aryl methyl sites for hydroxylation is 1. The first kappa shape index (κ1) is 39.3. The van der Waals surface area contributed by atoms with Crippen molar-refractivity contribution in [3.05, 3.63) is 33.4 Å². The molecule has 2 radical (unpaired) electrons. The second-order valence-corrected chi connectivity index (χ2v) is 16.3. The van der Waals surface area contributed by atoms with E-state index < -0.39 is 96.5 Å². The van der Waals surface area contributed by atoms with Crippen LogP contribution in [0, 0.1) is 0 Å². The zero-order chi connectivity index (χ0) is 38.8. The molecule has 11 atom stereocenters. The van der Waals surface area contributed by atoms with Crippen LogP contribution in [0.3, 0.4) is 0 Å². The Balaban J connectivity index is 1.06. The number of imidazole rings is 2. The normalized spacial score (nSPS) is 29.7. The van der Waals surface area contributed by atoms with Crippen molar-refractivity contribution in [2.45, 2.75) is 49.1 Å². The van der Waals surface area contributed by atoms with Crippen LogP contribution in [0.25, 0.3) is 22.3 Å². The largest absolute Gasteiger partial charge is 0.478 e. The van der Waals surface area contributed by atoms with E-state index in [-0.39, 0.29) is 34.2 Å². The number of nitrogens with one attached hydrogen (secondary N) is 2. The van der Waals surface area contributed by atoms with Gasteiger partial charge in [-0.2, -0.15) is 4.98 Å². The van der Waals surface area contributed by atoms with Crippen LogP contribution in [0.4, 0.5) is 11.9 Å². The molecule has 288 valence electrons. The van der Waals surface area contributed by atoms with E-state index in [0.29, 0.717) is 0 Å². The van der Waals surface area contributed by atoms with E-state index >= 15 is 0 Å². The Morgan fingerprint density at radius 2 is 1.53 bits per heavy atom. The molecule has 0 amide bonds. The number of ether oxygens (including phenoxy) is 3. The Labute approximate surface area is 295 Å². The number of aromatic nitrogens is 8. The standard InChI is InChI=1S/C22H30BN10O17P3/c1-31-6-33(16-10(31)18(38)30-22(25)28-16)20-14(44-2)12(35)8(48-20)4-46-53(42,43)50-51(23,39)49-52(40,41)45-3-7-11(34)13(36)19(47-7)32-5-26-9-15(32)27-21(24)29-17(9)37/h5-8,11-14,19-20,34-36H,3-4H2,1-2H3,(H7-,24,25,27,28,29,30,37,38,40,41,42,43)/p+1/t7-,8-,11?,12?,13?,14?,19-,20-,51?/m1/s1. The molecule has 2 aliphatic heterocycles. The van der Waals surface area contributed by atoms with Gasteiger partial charge in [-0.1, -0.05) is 4.98 Å². The van der Waals surface area contributed by atoms with E-state index in [1.165, 1.54) is 29.6 Å². The maximum atomic E-state index is 12.7. The summed E-state index contributed by atoms with van der Waals surface area (Å²) in [5.41, 5.74) is 9.77. The van der Waals surface area contributed by atoms with Gasteiger partial charge in [-0.3, -0.25) is 42.3 Å². The van der Waals surface area contributed by atoms with Gasteiger partial charge in [0.25, 0.3) is 24.5 Å². The Kier molecular flexibility index (Phi) is 10.6. The minimum Gasteiger partial charge on any atom is -0.387 e. The summed E-state index contributed by atoms with van der Waals surface area (Å²) < 4.78 is 76.4. The molecule has 6 rings (SSSR count). The average Bonchev–Trinajstić information content (AvgIpc) is 3.77. The minimum atomic E-state index is -5.55. The molecule has 2 fully saturated rings. The molecule has 4 aromatic heterocycles. The van der Waals surface area contributed by atoms with Crippen LogP contribution in [0.2, 0.25) is 0 Å². The number of rotatable bonds is 13. The zero-order valence-corrected chi connectivity index (χ0v) is 29.8. The predicted octanol–water partition coefficient (Wildman–Crippen LogP) is -3.72. The van der Waals surface area contributed by atoms with Crippen molar-refractivity contribution in [1.29, 1.82) is 0 Å². The Bertz CT molecular complexity index is 2300. The molecule has 27 nitrogen and oxygen atoms in total. The van der Waals surface area contributed by atoms with E-state index in [1.54, 1.807) is 0 Å². The summed E-state index contributed by atoms with van der Waals surface area (Å²) in [4.78, 5) is 61.3. The highest BCUT2D eigenvalue weighted by atomic mass is 31.3. The number of anilines is 2. The number of fused-ring (bicyclic) bond motifs is 2. The summed E-state index contributed by atoms with van der Waals surface area (Å²) in [7, 11) is -8.54. The maximum Gasteiger partial charge on any atom is 0.478 e. The smallest absolute Gasteiger partial charge is 0.387 e. The molecule has 0 spiro atoms. The van der Waals surface area contributed by atoms with Crippen molar-refractivity contribution in [3.8, 4) is 0 Å². The number of nitrogen functional groups attached to an aromatic ring is 2. The molecule has 11 N–H and O–H groups in total. The second-order valence-electron chi connectivity index (χ2n) is 11.6. The summed E-state index contributed by atoms with van der Waals surface area (Å²) in [5, 5.41) is 31.9. The zero-order valence-electron chi connectivity index (χ0n) is 27.1. The molecular weight excluding hydrogens is 780 g/mol. The molecule has 0 bridgehead atoms. The van der Waals surface area contributed by atoms with Gasteiger partial charge >= 0.3 is 21.3 Å². The Morgan fingerprint density at radius 3 is 2.15 bits per heavy atom. The third-order valence-electron chi connectivity index (χ3n) is 7.95. The van der Waals surface area contributed by atoms with Gasteiger partial charge in [0, 0.05) is 7.11 Å². The molecule has 6 heterocycles. The number of hydrogen-bond acceptors (Lipinski definition) is 20. The molecule has 2 saturated heterocycles. The van der Waals surface area contributed by atoms with E-state index in [4.69, 9.17) is 37.8 Å². The predicted molar refractivity (Wildman–Crippen MR) is 172 cm³/mol. The summed E-state index contributed by atoms with van der Waals surface area (Å²) >= 11 is 0. The van der Waals surface area contributed by atoms with E-state index in [1.807, 2.05) is 0 Å². The van der Waals surface area contributed by atoms with Gasteiger partial charge in [-0.15, -0.1) is 0 Å². The number of nitrogens with zero attached hydrogens (tertiary/aromatic N) is 6. The quantitative estimate of drug-likeness (QED) is 0.0356. The molecule has 2 aliphatic rings. The van der Waals surface area contributed by atoms with Gasteiger partial charge in [0.2, 0.25) is 25.3 Å². The lowest BCUT2D eigenvalue weighted by molar-refractivity contribution is -0.746. The number of aliphatic hydroxyl groups is 3. The van der Waals surface area contributed by atoms with Crippen LogP contribution in [-0.4, -0.2) is 124 Å². The van der Waals surface area contributed by atoms with Gasteiger partial charge in [-0.05, 0) is 0 Å². The summed E-state index contributed by atoms with van der Waals surface area (Å²) in [6.45, 7) is -1.97. The Morgan fingerprint density at radius 1 is 0.943 bits per heavy atom. The summed E-state index contributed by atoms with van der Waals surface area (Å²) in [5.74, 6) is -0.515. The van der Waals surface area contributed by atoms with E-state index in [2.05, 4.69) is 38.1 Å². The first-order valence-electron chi connectivity index (χ1n) is 14.8. The van der Waals surface area contributed by atoms with Crippen molar-refractivity contribution in [2.75, 3.05) is 31.8 Å². The lowest BCUT2D eigenvalue weighted by Gasteiger charge is -2.22. The van der Waals surface area contributed by atoms with Crippen molar-refractivity contribution in [3.63, 3.8) is 0 Å². The van der Waals surface area contributed by atoms with Crippen LogP contribution < -0.4 is 27.2 Å². The third kappa shape index (κ3) is 7.89. The minimum absolute atomic E-state index is 0.0418. The first-order chi connectivity index (χ1) is 24.7. The second kappa shape index (κ2) is 14.3. The fraction of sp³-hybridized carbons (Fsp3) is 0.545. The molecule has 53 heavy (non-hydrogen) atoms. The monoisotopic (exact) mass is 811 g/mol. The van der Waals surface area contributed by atoms with Gasteiger partial charge in [0.15, 0.2) is 23.7 Å². The first-order valence-corrected chi connectivity index (χ1v) is 19.4. The highest BCUT2D eigenvalue weighted by Crippen LogP contribution is 2.67. The lowest BCUT2D eigenvalue weighted by Crippen LogP contribution is -2.47. The van der Waals surface area contributed by atoms with Crippen LogP contribution in [-0.2, 0) is 52.6 Å². The van der Waals surface area contributed by atoms with Crippen LogP contribution in [0.5, 0.6) is 0 Å². The SMILES string of the molecule is [B]P(=O)(OP(=O)(O)OC[C@H]1O[C@@H](n2cnc3c(=O)[nH]c(N)nc32)C(O)C1O)OP(=O)(O)OC[C@H]1O[C@@H]([n+]2cn(C)c3c(=O)[nH]c(N)nc32)C(OC)C1O. The molecule has 0 aliphatic carbocycles. The average molecular weight is 811 g/mol. The number of nitrogens with two attached hydrogens (primary N) is 2. The lowest BCUT2D eigenvalue weighted by atomic mass is 10.1. The fourth-order valence-corrected chi connectivity index (χ4v) is 9.44. The van der Waals surface area contributed by atoms with Gasteiger partial charge in [0.05, 0.1) is 26.6 Å². The Hall–Kier alpha value is -3.43. The van der Waals surface area contributed by atoms with Crippen LogP contribution in [0.1, 0.15) is 12.5 Å². The third-order valence-corrected chi connectivity index (χ3v) is 12.4. The molecule has 31 heteroatoms. The van der Waals surface area contributed by atoms with Crippen LogP contribution in [0.15, 0.2) is 22.2 Å². The van der Waals surface area contributed by atoms with E-state index in [9.17, 15) is 48.4 Å².